The molecule has 3 saturated heterocycles. The zero-order valence-electron chi connectivity index (χ0n) is 25.7. The third-order valence-corrected chi connectivity index (χ3v) is 9.63. The number of benzene rings is 2. The van der Waals surface area contributed by atoms with Gasteiger partial charge in [0.2, 0.25) is 17.7 Å². The van der Waals surface area contributed by atoms with Crippen molar-refractivity contribution in [2.24, 2.45) is 11.8 Å². The molecule has 5 heterocycles. The number of rotatable bonds is 8. The van der Waals surface area contributed by atoms with Crippen molar-refractivity contribution in [3.05, 3.63) is 65.1 Å². The van der Waals surface area contributed by atoms with Gasteiger partial charge in [-0.1, -0.05) is 0 Å². The van der Waals surface area contributed by atoms with Gasteiger partial charge in [0.25, 0.3) is 5.91 Å². The third kappa shape index (κ3) is 5.80. The summed E-state index contributed by atoms with van der Waals surface area (Å²) in [7, 11) is 1.65. The van der Waals surface area contributed by atoms with Gasteiger partial charge in [0, 0.05) is 81.9 Å². The topological polar surface area (TPSA) is 119 Å². The Kier molecular flexibility index (Phi) is 8.35. The number of amides is 3. The maximum atomic E-state index is 15.5. The Morgan fingerprint density at radius 3 is 2.67 bits per heavy atom. The molecule has 1 aromatic heterocycles. The Hall–Kier alpha value is -4.13. The van der Waals surface area contributed by atoms with Crippen molar-refractivity contribution < 1.29 is 37.8 Å². The van der Waals surface area contributed by atoms with Crippen molar-refractivity contribution in [1.82, 2.24) is 19.7 Å². The number of piperidine rings is 1. The van der Waals surface area contributed by atoms with Crippen LogP contribution in [0, 0.1) is 17.7 Å². The van der Waals surface area contributed by atoms with E-state index in [1.807, 2.05) is 12.1 Å². The SMILES string of the molecule is COC[C@@H]1CN(Cc2cc(F)c3c(ccn3C(=O)C3CCOCC3)c2)C[C@H]1Oc1ccc2c(c1)CN([C@H]1CCC(=O)NC1=O)C2=O. The highest BCUT2D eigenvalue weighted by molar-refractivity contribution is 6.05. The predicted octanol–water partition coefficient (Wildman–Crippen LogP) is 3.13. The molecule has 7 rings (SSSR count). The summed E-state index contributed by atoms with van der Waals surface area (Å²) in [4.78, 5) is 53.9. The molecule has 242 valence electrons. The number of carbonyl (C=O) groups is 4. The standard InChI is InChI=1S/C34H37FN4O7/c1-44-19-24-16-37(15-20-12-22-6-9-38(31(22)27(35)13-20)33(42)21-7-10-45-11-8-21)18-29(24)46-25-2-3-26-23(14-25)17-39(34(26)43)28-4-5-30(40)36-32(28)41/h2-3,6,9,12-14,21,24,28-29H,4-5,7-8,10-11,15-19H2,1H3,(H,36,40,41)/t24-,28-,29+/m0/s1. The number of ether oxygens (including phenoxy) is 3. The van der Waals surface area contributed by atoms with Gasteiger partial charge in [-0.3, -0.25) is 34.0 Å². The van der Waals surface area contributed by atoms with Crippen molar-refractivity contribution in [3.8, 4) is 5.75 Å². The third-order valence-electron chi connectivity index (χ3n) is 9.63. The highest BCUT2D eigenvalue weighted by Gasteiger charge is 2.40. The van der Waals surface area contributed by atoms with E-state index in [1.54, 1.807) is 31.5 Å². The lowest BCUT2D eigenvalue weighted by atomic mass is 9.99. The number of aromatic nitrogens is 1. The molecule has 12 heteroatoms. The highest BCUT2D eigenvalue weighted by atomic mass is 19.1. The van der Waals surface area contributed by atoms with Crippen LogP contribution >= 0.6 is 0 Å². The average molecular weight is 633 g/mol. The molecule has 0 radical (unpaired) electrons. The van der Waals surface area contributed by atoms with Gasteiger partial charge in [-0.2, -0.15) is 0 Å². The molecule has 0 saturated carbocycles. The van der Waals surface area contributed by atoms with Gasteiger partial charge in [0.15, 0.2) is 0 Å². The number of nitrogens with one attached hydrogen (secondary N) is 1. The van der Waals surface area contributed by atoms with Crippen LogP contribution in [0.3, 0.4) is 0 Å². The molecular formula is C34H37FN4O7. The van der Waals surface area contributed by atoms with Crippen molar-refractivity contribution in [2.75, 3.05) is 40.0 Å². The summed E-state index contributed by atoms with van der Waals surface area (Å²) >= 11 is 0. The van der Waals surface area contributed by atoms with E-state index in [-0.39, 0.29) is 48.6 Å². The fraction of sp³-hybridized carbons (Fsp3) is 0.471. The maximum Gasteiger partial charge on any atom is 0.255 e. The molecule has 1 N–H and O–H groups in total. The fourth-order valence-electron chi connectivity index (χ4n) is 7.33. The first-order valence-corrected chi connectivity index (χ1v) is 15.9. The molecule has 0 unspecified atom stereocenters. The number of imide groups is 1. The van der Waals surface area contributed by atoms with Crippen LogP contribution in [0.4, 0.5) is 4.39 Å². The summed E-state index contributed by atoms with van der Waals surface area (Å²) in [5.41, 5.74) is 2.42. The molecule has 2 aromatic carbocycles. The lowest BCUT2D eigenvalue weighted by Crippen LogP contribution is -2.52. The van der Waals surface area contributed by atoms with Crippen LogP contribution in [-0.4, -0.2) is 90.2 Å². The van der Waals surface area contributed by atoms with Crippen LogP contribution in [0.5, 0.6) is 5.75 Å². The van der Waals surface area contributed by atoms with E-state index >= 15 is 4.39 Å². The molecule has 3 fully saturated rings. The molecule has 0 bridgehead atoms. The molecule has 4 aliphatic heterocycles. The van der Waals surface area contributed by atoms with Gasteiger partial charge in [-0.15, -0.1) is 0 Å². The second-order valence-electron chi connectivity index (χ2n) is 12.7. The number of nitrogens with zero attached hydrogens (tertiary/aromatic N) is 3. The minimum absolute atomic E-state index is 0.0617. The molecule has 0 aliphatic carbocycles. The second kappa shape index (κ2) is 12.6. The lowest BCUT2D eigenvalue weighted by Gasteiger charge is -2.29. The average Bonchev–Trinajstić information content (AvgIpc) is 3.73. The van der Waals surface area contributed by atoms with Crippen molar-refractivity contribution in [3.63, 3.8) is 0 Å². The van der Waals surface area contributed by atoms with E-state index in [4.69, 9.17) is 14.2 Å². The summed E-state index contributed by atoms with van der Waals surface area (Å²) in [5.74, 6) is -0.990. The van der Waals surface area contributed by atoms with Crippen LogP contribution in [0.1, 0.15) is 52.0 Å². The van der Waals surface area contributed by atoms with E-state index in [9.17, 15) is 19.2 Å². The molecule has 4 aliphatic rings. The summed E-state index contributed by atoms with van der Waals surface area (Å²) in [5, 5.41) is 3.02. The first-order valence-electron chi connectivity index (χ1n) is 15.9. The molecule has 46 heavy (non-hydrogen) atoms. The van der Waals surface area contributed by atoms with Crippen LogP contribution in [0.2, 0.25) is 0 Å². The van der Waals surface area contributed by atoms with Crippen LogP contribution in [0.15, 0.2) is 42.6 Å². The summed E-state index contributed by atoms with van der Waals surface area (Å²) < 4.78 is 34.3. The number of halogens is 1. The Balaban J connectivity index is 1.03. The zero-order valence-corrected chi connectivity index (χ0v) is 25.7. The minimum atomic E-state index is -0.675. The maximum absolute atomic E-state index is 15.5. The van der Waals surface area contributed by atoms with E-state index < -0.39 is 17.8 Å². The Morgan fingerprint density at radius 2 is 1.89 bits per heavy atom. The Labute approximate surface area is 265 Å². The van der Waals surface area contributed by atoms with Crippen LogP contribution < -0.4 is 10.1 Å². The second-order valence-corrected chi connectivity index (χ2v) is 12.7. The number of hydrogen-bond donors (Lipinski definition) is 1. The highest BCUT2D eigenvalue weighted by Crippen LogP contribution is 2.33. The Bertz CT molecular complexity index is 1700. The fourth-order valence-corrected chi connectivity index (χ4v) is 7.33. The molecule has 11 nitrogen and oxygen atoms in total. The summed E-state index contributed by atoms with van der Waals surface area (Å²) in [6.07, 6.45) is 3.26. The normalized spacial score (nSPS) is 24.1. The molecule has 3 atom stereocenters. The number of fused-ring (bicyclic) bond motifs is 2. The molecular weight excluding hydrogens is 595 g/mol. The molecule has 3 aromatic rings. The first kappa shape index (κ1) is 30.5. The smallest absolute Gasteiger partial charge is 0.255 e. The number of carbonyl (C=O) groups excluding carboxylic acids is 4. The van der Waals surface area contributed by atoms with Gasteiger partial charge in [-0.05, 0) is 66.8 Å². The number of methoxy groups -OCH3 is 1. The predicted molar refractivity (Wildman–Crippen MR) is 164 cm³/mol. The van der Waals surface area contributed by atoms with Gasteiger partial charge in [-0.25, -0.2) is 4.39 Å². The number of likely N-dealkylation sites (tertiary alicyclic amines) is 1. The monoisotopic (exact) mass is 632 g/mol. The van der Waals surface area contributed by atoms with E-state index in [0.717, 1.165) is 11.1 Å². The van der Waals surface area contributed by atoms with Gasteiger partial charge < -0.3 is 19.1 Å². The van der Waals surface area contributed by atoms with Crippen molar-refractivity contribution in [2.45, 2.75) is 50.9 Å². The summed E-state index contributed by atoms with van der Waals surface area (Å²) in [6.45, 7) is 3.63. The zero-order chi connectivity index (χ0) is 31.9. The lowest BCUT2D eigenvalue weighted by molar-refractivity contribution is -0.136. The van der Waals surface area contributed by atoms with Gasteiger partial charge in [0.05, 0.1) is 12.1 Å². The van der Waals surface area contributed by atoms with Gasteiger partial charge >= 0.3 is 0 Å². The van der Waals surface area contributed by atoms with E-state index in [0.29, 0.717) is 80.9 Å². The van der Waals surface area contributed by atoms with E-state index in [2.05, 4.69) is 10.2 Å². The van der Waals surface area contributed by atoms with Gasteiger partial charge in [0.1, 0.15) is 23.7 Å². The quantitative estimate of drug-likeness (QED) is 0.377. The van der Waals surface area contributed by atoms with Crippen LogP contribution in [0.25, 0.3) is 10.9 Å². The first-order chi connectivity index (χ1) is 22.3. The molecule has 0 spiro atoms. The van der Waals surface area contributed by atoms with E-state index in [1.165, 1.54) is 15.5 Å². The number of hydrogen-bond acceptors (Lipinski definition) is 8. The Morgan fingerprint density at radius 1 is 1.07 bits per heavy atom. The van der Waals surface area contributed by atoms with Crippen LogP contribution in [-0.2, 0) is 32.2 Å². The summed E-state index contributed by atoms with van der Waals surface area (Å²) in [6, 6.07) is 9.93. The molecule has 3 amide bonds. The largest absolute Gasteiger partial charge is 0.489 e. The van der Waals surface area contributed by atoms with Crippen molar-refractivity contribution in [1.29, 1.82) is 0 Å². The minimum Gasteiger partial charge on any atom is -0.489 e. The van der Waals surface area contributed by atoms with Crippen molar-refractivity contribution >= 4 is 34.5 Å².